The van der Waals surface area contributed by atoms with Crippen molar-refractivity contribution >= 4 is 28.5 Å². The van der Waals surface area contributed by atoms with Crippen molar-refractivity contribution in [2.24, 2.45) is 5.92 Å². The maximum atomic E-state index is 14.7. The summed E-state index contributed by atoms with van der Waals surface area (Å²) in [5.41, 5.74) is 0.0818. The van der Waals surface area contributed by atoms with Crippen LogP contribution < -0.4 is 10.2 Å². The quantitative estimate of drug-likeness (QED) is 0.333. The Hall–Kier alpha value is -2.94. The number of hydrogen-bond acceptors (Lipinski definition) is 5. The average Bonchev–Trinajstić information content (AvgIpc) is 2.81. The van der Waals surface area contributed by atoms with Gasteiger partial charge in [-0.3, -0.25) is 4.79 Å². The Kier molecular flexibility index (Phi) is 8.88. The van der Waals surface area contributed by atoms with Crippen LogP contribution in [0.25, 0.3) is 10.9 Å². The summed E-state index contributed by atoms with van der Waals surface area (Å²) in [7, 11) is 0. The third-order valence-corrected chi connectivity index (χ3v) is 6.27. The number of aromatic nitrogens is 1. The molecular formula is C26H29ClFNO6. The van der Waals surface area contributed by atoms with Crippen LogP contribution in [-0.2, 0) is 6.42 Å². The van der Waals surface area contributed by atoms with E-state index in [1.165, 1.54) is 18.3 Å². The van der Waals surface area contributed by atoms with Crippen molar-refractivity contribution in [1.29, 1.82) is 0 Å². The summed E-state index contributed by atoms with van der Waals surface area (Å²) < 4.78 is 22.2. The minimum Gasteiger partial charge on any atom is -0.493 e. The number of carboxylic acids is 1. The number of aliphatic hydroxyl groups excluding tert-OH is 2. The van der Waals surface area contributed by atoms with Crippen LogP contribution in [0.5, 0.6) is 5.75 Å². The van der Waals surface area contributed by atoms with Crippen molar-refractivity contribution < 1.29 is 29.2 Å². The first kappa shape index (κ1) is 26.7. The maximum absolute atomic E-state index is 14.7. The van der Waals surface area contributed by atoms with Crippen molar-refractivity contribution in [2.75, 3.05) is 19.8 Å². The van der Waals surface area contributed by atoms with E-state index in [4.69, 9.17) is 21.4 Å². The molecule has 1 atom stereocenters. The minimum atomic E-state index is -1.38. The van der Waals surface area contributed by atoms with Crippen molar-refractivity contribution in [3.63, 3.8) is 0 Å². The van der Waals surface area contributed by atoms with Gasteiger partial charge in [-0.15, -0.1) is 0 Å². The molecule has 0 saturated heterocycles. The Morgan fingerprint density at radius 1 is 1.17 bits per heavy atom. The van der Waals surface area contributed by atoms with Crippen LogP contribution in [0.15, 0.2) is 41.3 Å². The molecule has 0 fully saturated rings. The van der Waals surface area contributed by atoms with Crippen LogP contribution in [-0.4, -0.2) is 45.7 Å². The second-order valence-corrected chi connectivity index (χ2v) is 9.13. The molecule has 3 aromatic rings. The van der Waals surface area contributed by atoms with Crippen LogP contribution in [0, 0.1) is 11.7 Å². The molecule has 1 aromatic heterocycles. The predicted octanol–water partition coefficient (Wildman–Crippen LogP) is 4.42. The lowest BCUT2D eigenvalue weighted by molar-refractivity contribution is 0.0694. The highest BCUT2D eigenvalue weighted by atomic mass is 35.5. The number of benzene rings is 2. The lowest BCUT2D eigenvalue weighted by Gasteiger charge is -2.25. The van der Waals surface area contributed by atoms with Gasteiger partial charge < -0.3 is 24.6 Å². The van der Waals surface area contributed by atoms with E-state index in [-0.39, 0.29) is 42.6 Å². The lowest BCUT2D eigenvalue weighted by atomic mass is 9.98. The summed E-state index contributed by atoms with van der Waals surface area (Å²) in [5, 5.41) is 28.8. The molecule has 0 spiro atoms. The lowest BCUT2D eigenvalue weighted by Crippen LogP contribution is -2.25. The number of aromatic carboxylic acids is 1. The van der Waals surface area contributed by atoms with Crippen molar-refractivity contribution in [3.05, 3.63) is 74.3 Å². The van der Waals surface area contributed by atoms with Gasteiger partial charge in [-0.25, -0.2) is 9.18 Å². The molecular weight excluding hydrogens is 477 g/mol. The Bertz CT molecular complexity index is 1270. The second kappa shape index (κ2) is 11.7. The summed E-state index contributed by atoms with van der Waals surface area (Å²) in [6.07, 6.45) is 2.43. The highest BCUT2D eigenvalue weighted by Crippen LogP contribution is 2.32. The van der Waals surface area contributed by atoms with E-state index in [0.29, 0.717) is 35.2 Å². The molecule has 9 heteroatoms. The SMILES string of the molecule is CC(C)[C@@H](CO)n1cc(C(=O)O)c(=O)c2cc(Cc3cccc(Cl)c3F)c(OCCCCO)cc21. The van der Waals surface area contributed by atoms with Gasteiger partial charge in [0.15, 0.2) is 0 Å². The average molecular weight is 506 g/mol. The number of hydrogen-bond donors (Lipinski definition) is 3. The number of fused-ring (bicyclic) bond motifs is 1. The normalized spacial score (nSPS) is 12.3. The topological polar surface area (TPSA) is 109 Å². The molecule has 188 valence electrons. The highest BCUT2D eigenvalue weighted by molar-refractivity contribution is 6.30. The van der Waals surface area contributed by atoms with Crippen LogP contribution in [0.3, 0.4) is 0 Å². The van der Waals surface area contributed by atoms with E-state index in [1.54, 1.807) is 22.8 Å². The van der Waals surface area contributed by atoms with Gasteiger partial charge in [-0.05, 0) is 42.0 Å². The summed E-state index contributed by atoms with van der Waals surface area (Å²) in [5.74, 6) is -1.64. The molecule has 0 radical (unpaired) electrons. The van der Waals surface area contributed by atoms with Gasteiger partial charge >= 0.3 is 5.97 Å². The monoisotopic (exact) mass is 505 g/mol. The van der Waals surface area contributed by atoms with E-state index in [2.05, 4.69) is 0 Å². The number of carboxylic acid groups (broad SMARTS) is 1. The fourth-order valence-electron chi connectivity index (χ4n) is 4.03. The molecule has 2 aromatic carbocycles. The molecule has 35 heavy (non-hydrogen) atoms. The summed E-state index contributed by atoms with van der Waals surface area (Å²) in [4.78, 5) is 25.0. The first-order chi connectivity index (χ1) is 16.7. The van der Waals surface area contributed by atoms with E-state index < -0.39 is 28.8 Å². The zero-order valence-electron chi connectivity index (χ0n) is 19.6. The smallest absolute Gasteiger partial charge is 0.341 e. The van der Waals surface area contributed by atoms with E-state index in [9.17, 15) is 24.2 Å². The third-order valence-electron chi connectivity index (χ3n) is 5.98. The molecule has 3 N–H and O–H groups in total. The van der Waals surface area contributed by atoms with Gasteiger partial charge in [0.25, 0.3) is 0 Å². The van der Waals surface area contributed by atoms with Crippen molar-refractivity contribution in [1.82, 2.24) is 4.57 Å². The molecule has 0 aliphatic carbocycles. The Balaban J connectivity index is 2.27. The molecule has 0 bridgehead atoms. The van der Waals surface area contributed by atoms with Crippen molar-refractivity contribution in [2.45, 2.75) is 39.2 Å². The number of unbranched alkanes of at least 4 members (excludes halogenated alkanes) is 1. The zero-order valence-corrected chi connectivity index (χ0v) is 20.4. The predicted molar refractivity (Wildman–Crippen MR) is 132 cm³/mol. The molecule has 0 saturated carbocycles. The minimum absolute atomic E-state index is 0.0196. The van der Waals surface area contributed by atoms with Gasteiger partial charge in [-0.2, -0.15) is 0 Å². The van der Waals surface area contributed by atoms with Gasteiger partial charge in [0, 0.05) is 30.7 Å². The van der Waals surface area contributed by atoms with Gasteiger partial charge in [0.1, 0.15) is 17.1 Å². The third kappa shape index (κ3) is 5.83. The van der Waals surface area contributed by atoms with Gasteiger partial charge in [0.05, 0.1) is 29.8 Å². The maximum Gasteiger partial charge on any atom is 0.341 e. The largest absolute Gasteiger partial charge is 0.493 e. The number of nitrogens with zero attached hydrogens (tertiary/aromatic N) is 1. The fraction of sp³-hybridized carbons (Fsp3) is 0.385. The summed E-state index contributed by atoms with van der Waals surface area (Å²) in [6, 6.07) is 7.29. The fourth-order valence-corrected chi connectivity index (χ4v) is 4.22. The highest BCUT2D eigenvalue weighted by Gasteiger charge is 2.23. The Morgan fingerprint density at radius 3 is 2.54 bits per heavy atom. The molecule has 3 rings (SSSR count). The first-order valence-electron chi connectivity index (χ1n) is 11.4. The van der Waals surface area contributed by atoms with Crippen LogP contribution in [0.4, 0.5) is 4.39 Å². The summed E-state index contributed by atoms with van der Waals surface area (Å²) in [6.45, 7) is 3.80. The number of carbonyl (C=O) groups is 1. The van der Waals surface area contributed by atoms with E-state index >= 15 is 0 Å². The summed E-state index contributed by atoms with van der Waals surface area (Å²) >= 11 is 5.94. The molecule has 7 nitrogen and oxygen atoms in total. The van der Waals surface area contributed by atoms with Crippen LogP contribution in [0.1, 0.15) is 54.2 Å². The zero-order chi connectivity index (χ0) is 25.7. The number of rotatable bonds is 11. The molecule has 0 unspecified atom stereocenters. The van der Waals surface area contributed by atoms with E-state index in [0.717, 1.165) is 0 Å². The standard InChI is InChI=1S/C26H29ClFNO6/c1-15(2)22(14-31)29-13-19(26(33)34)25(32)18-11-17(10-16-6-5-7-20(27)24(16)28)23(12-21(18)29)35-9-4-3-8-30/h5-7,11-13,15,22,30-31H,3-4,8-10,14H2,1-2H3,(H,33,34)/t22-/m1/s1. The van der Waals surface area contributed by atoms with Gasteiger partial charge in [-0.1, -0.05) is 37.6 Å². The van der Waals surface area contributed by atoms with Crippen LogP contribution >= 0.6 is 11.6 Å². The van der Waals surface area contributed by atoms with E-state index in [1.807, 2.05) is 13.8 Å². The Morgan fingerprint density at radius 2 is 1.91 bits per heavy atom. The molecule has 1 heterocycles. The second-order valence-electron chi connectivity index (χ2n) is 8.72. The number of pyridine rings is 1. The molecule has 0 aliphatic rings. The number of aliphatic hydroxyl groups is 2. The van der Waals surface area contributed by atoms with Gasteiger partial charge in [0.2, 0.25) is 5.43 Å². The first-order valence-corrected chi connectivity index (χ1v) is 11.8. The Labute approximate surface area is 207 Å². The number of ether oxygens (including phenoxy) is 1. The molecule has 0 amide bonds. The van der Waals surface area contributed by atoms with Crippen LogP contribution in [0.2, 0.25) is 5.02 Å². The van der Waals surface area contributed by atoms with Crippen molar-refractivity contribution in [3.8, 4) is 5.75 Å². The molecule has 0 aliphatic heterocycles. The number of halogens is 2.